The summed E-state index contributed by atoms with van der Waals surface area (Å²) in [5.41, 5.74) is 7.30. The van der Waals surface area contributed by atoms with E-state index in [1.807, 2.05) is 12.4 Å². The van der Waals surface area contributed by atoms with Crippen molar-refractivity contribution in [1.29, 1.82) is 0 Å². The summed E-state index contributed by atoms with van der Waals surface area (Å²) in [5.74, 6) is 0. The van der Waals surface area contributed by atoms with Crippen molar-refractivity contribution in [2.24, 2.45) is 5.73 Å². The van der Waals surface area contributed by atoms with Gasteiger partial charge in [0.05, 0.1) is 0 Å². The second-order valence-corrected chi connectivity index (χ2v) is 6.25. The van der Waals surface area contributed by atoms with Crippen molar-refractivity contribution in [2.75, 3.05) is 13.1 Å². The number of hydrogen-bond donors (Lipinski definition) is 1. The van der Waals surface area contributed by atoms with Gasteiger partial charge in [0.1, 0.15) is 0 Å². The summed E-state index contributed by atoms with van der Waals surface area (Å²) < 4.78 is 1.03. The molecule has 0 radical (unpaired) electrons. The summed E-state index contributed by atoms with van der Waals surface area (Å²) in [4.78, 5) is 6.90. The molecule has 0 saturated carbocycles. The van der Waals surface area contributed by atoms with Gasteiger partial charge in [-0.05, 0) is 53.4 Å². The molecule has 0 amide bonds. The predicted molar refractivity (Wildman–Crippen MR) is 83.0 cm³/mol. The number of hydrogen-bond acceptors (Lipinski definition) is 3. The Kier molecular flexibility index (Phi) is 5.79. The van der Waals surface area contributed by atoms with Crippen LogP contribution < -0.4 is 5.73 Å². The third-order valence-corrected chi connectivity index (χ3v) is 4.56. The first-order chi connectivity index (χ1) is 9.26. The summed E-state index contributed by atoms with van der Waals surface area (Å²) in [7, 11) is 0. The molecule has 2 heterocycles. The SMILES string of the molecule is CCC1CCCCCN1C(CN)c1cncc(Br)c1. The quantitative estimate of drug-likeness (QED) is 0.921. The highest BCUT2D eigenvalue weighted by Crippen LogP contribution is 2.29. The third-order valence-electron chi connectivity index (χ3n) is 4.13. The fourth-order valence-corrected chi connectivity index (χ4v) is 3.50. The first-order valence-electron chi connectivity index (χ1n) is 7.32. The molecule has 19 heavy (non-hydrogen) atoms. The van der Waals surface area contributed by atoms with Gasteiger partial charge in [0, 0.05) is 35.5 Å². The summed E-state index contributed by atoms with van der Waals surface area (Å²) >= 11 is 3.51. The van der Waals surface area contributed by atoms with Gasteiger partial charge in [-0.15, -0.1) is 0 Å². The van der Waals surface area contributed by atoms with E-state index in [4.69, 9.17) is 5.73 Å². The zero-order valence-electron chi connectivity index (χ0n) is 11.7. The summed E-state index contributed by atoms with van der Waals surface area (Å²) in [6.07, 6.45) is 10.3. The van der Waals surface area contributed by atoms with E-state index < -0.39 is 0 Å². The van der Waals surface area contributed by atoms with Crippen LogP contribution in [0.25, 0.3) is 0 Å². The van der Waals surface area contributed by atoms with Crippen LogP contribution in [0.15, 0.2) is 22.9 Å². The average Bonchev–Trinajstić information content (AvgIpc) is 2.65. The molecule has 3 nitrogen and oxygen atoms in total. The minimum absolute atomic E-state index is 0.299. The van der Waals surface area contributed by atoms with E-state index in [2.05, 4.69) is 38.8 Å². The fraction of sp³-hybridized carbons (Fsp3) is 0.667. The van der Waals surface area contributed by atoms with Crippen molar-refractivity contribution in [3.63, 3.8) is 0 Å². The molecule has 106 valence electrons. The highest BCUT2D eigenvalue weighted by Gasteiger charge is 2.27. The second-order valence-electron chi connectivity index (χ2n) is 5.34. The first kappa shape index (κ1) is 14.9. The monoisotopic (exact) mass is 325 g/mol. The molecule has 1 aliphatic heterocycles. The molecular weight excluding hydrogens is 302 g/mol. The Labute approximate surface area is 124 Å². The molecule has 0 aromatic carbocycles. The molecule has 1 saturated heterocycles. The lowest BCUT2D eigenvalue weighted by atomic mass is 10.0. The maximum Gasteiger partial charge on any atom is 0.0489 e. The minimum Gasteiger partial charge on any atom is -0.329 e. The maximum absolute atomic E-state index is 6.07. The lowest BCUT2D eigenvalue weighted by Gasteiger charge is -2.36. The highest BCUT2D eigenvalue weighted by atomic mass is 79.9. The normalized spacial score (nSPS) is 23.0. The zero-order valence-corrected chi connectivity index (χ0v) is 13.3. The lowest BCUT2D eigenvalue weighted by molar-refractivity contribution is 0.135. The average molecular weight is 326 g/mol. The Hall–Kier alpha value is -0.450. The summed E-state index contributed by atoms with van der Waals surface area (Å²) in [5, 5.41) is 0. The topological polar surface area (TPSA) is 42.1 Å². The minimum atomic E-state index is 0.299. The highest BCUT2D eigenvalue weighted by molar-refractivity contribution is 9.10. The number of nitrogens with zero attached hydrogens (tertiary/aromatic N) is 2. The summed E-state index contributed by atoms with van der Waals surface area (Å²) in [6, 6.07) is 3.12. The Morgan fingerprint density at radius 1 is 1.42 bits per heavy atom. The number of aromatic nitrogens is 1. The Bertz CT molecular complexity index is 397. The van der Waals surface area contributed by atoms with Crippen LogP contribution in [0.4, 0.5) is 0 Å². The third kappa shape index (κ3) is 3.77. The maximum atomic E-state index is 6.07. The van der Waals surface area contributed by atoms with Crippen LogP contribution in [0, 0.1) is 0 Å². The van der Waals surface area contributed by atoms with Gasteiger partial charge in [-0.2, -0.15) is 0 Å². The van der Waals surface area contributed by atoms with Gasteiger partial charge in [0.2, 0.25) is 0 Å². The van der Waals surface area contributed by atoms with E-state index in [0.717, 1.165) is 11.0 Å². The molecular formula is C15H24BrN3. The lowest BCUT2D eigenvalue weighted by Crippen LogP contribution is -2.41. The van der Waals surface area contributed by atoms with E-state index in [9.17, 15) is 0 Å². The van der Waals surface area contributed by atoms with Crippen molar-refractivity contribution in [3.05, 3.63) is 28.5 Å². The van der Waals surface area contributed by atoms with Gasteiger partial charge in [-0.1, -0.05) is 19.8 Å². The van der Waals surface area contributed by atoms with E-state index in [0.29, 0.717) is 18.6 Å². The Balaban J connectivity index is 2.23. The molecule has 1 aromatic heterocycles. The second kappa shape index (κ2) is 7.36. The van der Waals surface area contributed by atoms with Crippen molar-refractivity contribution in [3.8, 4) is 0 Å². The largest absolute Gasteiger partial charge is 0.329 e. The van der Waals surface area contributed by atoms with Gasteiger partial charge in [0.15, 0.2) is 0 Å². The molecule has 1 fully saturated rings. The van der Waals surface area contributed by atoms with Gasteiger partial charge < -0.3 is 5.73 Å². The molecule has 1 aromatic rings. The zero-order chi connectivity index (χ0) is 13.7. The first-order valence-corrected chi connectivity index (χ1v) is 8.11. The molecule has 0 aliphatic carbocycles. The number of nitrogens with two attached hydrogens (primary N) is 1. The van der Waals surface area contributed by atoms with Crippen molar-refractivity contribution >= 4 is 15.9 Å². The van der Waals surface area contributed by atoms with Crippen LogP contribution in [0.5, 0.6) is 0 Å². The van der Waals surface area contributed by atoms with Crippen LogP contribution in [-0.4, -0.2) is 29.0 Å². The van der Waals surface area contributed by atoms with E-state index in [1.54, 1.807) is 0 Å². The smallest absolute Gasteiger partial charge is 0.0489 e. The van der Waals surface area contributed by atoms with E-state index in [1.165, 1.54) is 37.7 Å². The van der Waals surface area contributed by atoms with Crippen LogP contribution in [0.2, 0.25) is 0 Å². The Morgan fingerprint density at radius 2 is 2.26 bits per heavy atom. The molecule has 2 rings (SSSR count). The summed E-state index contributed by atoms with van der Waals surface area (Å²) in [6.45, 7) is 4.11. The molecule has 0 spiro atoms. The molecule has 4 heteroatoms. The number of rotatable bonds is 4. The number of likely N-dealkylation sites (tertiary alicyclic amines) is 1. The van der Waals surface area contributed by atoms with Gasteiger partial charge >= 0.3 is 0 Å². The molecule has 1 aliphatic rings. The van der Waals surface area contributed by atoms with Gasteiger partial charge in [-0.3, -0.25) is 9.88 Å². The fourth-order valence-electron chi connectivity index (χ4n) is 3.12. The predicted octanol–water partition coefficient (Wildman–Crippen LogP) is 3.50. The van der Waals surface area contributed by atoms with Crippen LogP contribution in [0.1, 0.15) is 50.6 Å². The molecule has 0 bridgehead atoms. The number of halogens is 1. The van der Waals surface area contributed by atoms with Crippen LogP contribution in [-0.2, 0) is 0 Å². The van der Waals surface area contributed by atoms with Crippen LogP contribution >= 0.6 is 15.9 Å². The van der Waals surface area contributed by atoms with E-state index in [-0.39, 0.29) is 0 Å². The molecule has 2 N–H and O–H groups in total. The van der Waals surface area contributed by atoms with Crippen LogP contribution in [0.3, 0.4) is 0 Å². The van der Waals surface area contributed by atoms with E-state index >= 15 is 0 Å². The van der Waals surface area contributed by atoms with Crippen molar-refractivity contribution in [1.82, 2.24) is 9.88 Å². The number of pyridine rings is 1. The molecule has 2 atom stereocenters. The standard InChI is InChI=1S/C15H24BrN3/c1-2-14-6-4-3-5-7-19(14)15(9-17)12-8-13(16)11-18-10-12/h8,10-11,14-15H,2-7,9,17H2,1H3. The van der Waals surface area contributed by atoms with Crippen molar-refractivity contribution in [2.45, 2.75) is 51.1 Å². The van der Waals surface area contributed by atoms with Gasteiger partial charge in [0.25, 0.3) is 0 Å². The van der Waals surface area contributed by atoms with Gasteiger partial charge in [-0.25, -0.2) is 0 Å². The molecule has 2 unspecified atom stereocenters. The Morgan fingerprint density at radius 3 is 2.95 bits per heavy atom. The van der Waals surface area contributed by atoms with Crippen molar-refractivity contribution < 1.29 is 0 Å².